The van der Waals surface area contributed by atoms with Crippen LogP contribution in [0.4, 0.5) is 4.79 Å². The number of rotatable bonds is 11. The Morgan fingerprint density at radius 2 is 1.55 bits per heavy atom. The number of hydrogen-bond acceptors (Lipinski definition) is 3. The van der Waals surface area contributed by atoms with Crippen molar-refractivity contribution in [2.45, 2.75) is 104 Å². The fourth-order valence-electron chi connectivity index (χ4n) is 2.40. The van der Waals surface area contributed by atoms with Crippen LogP contribution in [0.5, 0.6) is 0 Å². The molecule has 0 heterocycles. The summed E-state index contributed by atoms with van der Waals surface area (Å²) < 4.78 is 5.31. The van der Waals surface area contributed by atoms with Crippen LogP contribution in [0, 0.1) is 0 Å². The lowest BCUT2D eigenvalue weighted by Gasteiger charge is -2.26. The molecular formula is C18H38N2O2. The van der Waals surface area contributed by atoms with Crippen LogP contribution in [0.3, 0.4) is 0 Å². The lowest BCUT2D eigenvalue weighted by atomic mass is 10.0. The minimum atomic E-state index is -0.441. The minimum absolute atomic E-state index is 0.322. The zero-order valence-electron chi connectivity index (χ0n) is 15.6. The lowest BCUT2D eigenvalue weighted by Crippen LogP contribution is -2.46. The van der Waals surface area contributed by atoms with Crippen molar-refractivity contribution in [2.75, 3.05) is 6.54 Å². The highest BCUT2D eigenvalue weighted by Crippen LogP contribution is 2.09. The van der Waals surface area contributed by atoms with Crippen molar-refractivity contribution in [1.82, 2.24) is 10.6 Å². The van der Waals surface area contributed by atoms with Gasteiger partial charge in [-0.1, -0.05) is 46.5 Å². The minimum Gasteiger partial charge on any atom is -0.444 e. The molecule has 0 saturated carbocycles. The Morgan fingerprint density at radius 1 is 1.00 bits per heavy atom. The first-order valence-corrected chi connectivity index (χ1v) is 9.05. The van der Waals surface area contributed by atoms with Gasteiger partial charge >= 0.3 is 6.09 Å². The first-order valence-electron chi connectivity index (χ1n) is 9.05. The summed E-state index contributed by atoms with van der Waals surface area (Å²) in [7, 11) is 0. The molecule has 0 spiro atoms. The first kappa shape index (κ1) is 21.2. The summed E-state index contributed by atoms with van der Waals surface area (Å²) in [4.78, 5) is 11.8. The van der Waals surface area contributed by atoms with Gasteiger partial charge in [0, 0.05) is 18.6 Å². The Labute approximate surface area is 137 Å². The number of nitrogens with one attached hydrogen (secondary N) is 2. The molecule has 0 saturated heterocycles. The first-order chi connectivity index (χ1) is 10.3. The topological polar surface area (TPSA) is 50.4 Å². The standard InChI is InChI=1S/C18H38N2O2/c1-7-10-12-15(9-3)20-16(13-11-8-2)14-19-17(21)22-18(4,5)6/h15-16,20H,7-14H2,1-6H3,(H,19,21). The van der Waals surface area contributed by atoms with Crippen LogP contribution in [0.25, 0.3) is 0 Å². The SMILES string of the molecule is CCCCC(CC)NC(CCCC)CNC(=O)OC(C)(C)C. The van der Waals surface area contributed by atoms with Crippen molar-refractivity contribution in [3.8, 4) is 0 Å². The van der Waals surface area contributed by atoms with E-state index in [-0.39, 0.29) is 6.09 Å². The molecule has 0 aliphatic carbocycles. The van der Waals surface area contributed by atoms with Gasteiger partial charge in [-0.2, -0.15) is 0 Å². The van der Waals surface area contributed by atoms with Crippen LogP contribution in [-0.4, -0.2) is 30.3 Å². The Hall–Kier alpha value is -0.770. The molecule has 2 atom stereocenters. The number of alkyl carbamates (subject to hydrolysis) is 1. The molecule has 22 heavy (non-hydrogen) atoms. The van der Waals surface area contributed by atoms with Gasteiger partial charge in [-0.3, -0.25) is 0 Å². The van der Waals surface area contributed by atoms with Gasteiger partial charge in [-0.05, 0) is 40.0 Å². The van der Waals surface area contributed by atoms with Crippen LogP contribution >= 0.6 is 0 Å². The Balaban J connectivity index is 4.34. The predicted molar refractivity (Wildman–Crippen MR) is 94.3 cm³/mol. The molecule has 0 radical (unpaired) electrons. The summed E-state index contributed by atoms with van der Waals surface area (Å²) in [5.41, 5.74) is -0.441. The van der Waals surface area contributed by atoms with Gasteiger partial charge in [0.05, 0.1) is 0 Å². The second-order valence-corrected chi connectivity index (χ2v) is 7.14. The van der Waals surface area contributed by atoms with Gasteiger partial charge in [0.1, 0.15) is 5.60 Å². The van der Waals surface area contributed by atoms with Crippen molar-refractivity contribution in [3.05, 3.63) is 0 Å². The number of unbranched alkanes of at least 4 members (excludes halogenated alkanes) is 2. The van der Waals surface area contributed by atoms with Gasteiger partial charge < -0.3 is 15.4 Å². The summed E-state index contributed by atoms with van der Waals surface area (Å²) >= 11 is 0. The van der Waals surface area contributed by atoms with Crippen molar-refractivity contribution in [3.63, 3.8) is 0 Å². The quantitative estimate of drug-likeness (QED) is 0.584. The molecule has 0 rings (SSSR count). The van der Waals surface area contributed by atoms with Crippen LogP contribution in [0.15, 0.2) is 0 Å². The molecule has 4 heteroatoms. The molecule has 132 valence electrons. The van der Waals surface area contributed by atoms with Crippen molar-refractivity contribution >= 4 is 6.09 Å². The summed E-state index contributed by atoms with van der Waals surface area (Å²) in [6.45, 7) is 13.0. The average Bonchev–Trinajstić information content (AvgIpc) is 2.43. The molecule has 0 fully saturated rings. The fraction of sp³-hybridized carbons (Fsp3) is 0.944. The molecule has 1 amide bonds. The Bertz CT molecular complexity index is 287. The summed E-state index contributed by atoms with van der Waals surface area (Å²) in [6.07, 6.45) is 7.96. The lowest BCUT2D eigenvalue weighted by molar-refractivity contribution is 0.0520. The van der Waals surface area contributed by atoms with Gasteiger partial charge in [0.15, 0.2) is 0 Å². The molecule has 4 nitrogen and oxygen atoms in total. The second-order valence-electron chi connectivity index (χ2n) is 7.14. The third-order valence-electron chi connectivity index (χ3n) is 3.67. The summed E-state index contributed by atoms with van der Waals surface area (Å²) in [6, 6.07) is 0.872. The maximum absolute atomic E-state index is 11.8. The highest BCUT2D eigenvalue weighted by atomic mass is 16.6. The molecule has 0 aromatic rings. The van der Waals surface area contributed by atoms with E-state index in [4.69, 9.17) is 4.74 Å². The van der Waals surface area contributed by atoms with E-state index in [1.165, 1.54) is 32.1 Å². The highest BCUT2D eigenvalue weighted by Gasteiger charge is 2.18. The van der Waals surface area contributed by atoms with Crippen LogP contribution in [0.1, 0.15) is 86.5 Å². The van der Waals surface area contributed by atoms with E-state index < -0.39 is 5.60 Å². The van der Waals surface area contributed by atoms with E-state index in [0.717, 1.165) is 12.8 Å². The van der Waals surface area contributed by atoms with Crippen molar-refractivity contribution < 1.29 is 9.53 Å². The molecule has 0 aromatic heterocycles. The van der Waals surface area contributed by atoms with Crippen LogP contribution in [-0.2, 0) is 4.74 Å². The monoisotopic (exact) mass is 314 g/mol. The Kier molecular flexibility index (Phi) is 11.3. The second kappa shape index (κ2) is 11.8. The smallest absolute Gasteiger partial charge is 0.407 e. The van der Waals surface area contributed by atoms with Gasteiger partial charge in [0.2, 0.25) is 0 Å². The summed E-state index contributed by atoms with van der Waals surface area (Å²) in [5.74, 6) is 0. The maximum atomic E-state index is 11.8. The Morgan fingerprint density at radius 3 is 2.00 bits per heavy atom. The third-order valence-corrected chi connectivity index (χ3v) is 3.67. The molecule has 0 bridgehead atoms. The number of hydrogen-bond donors (Lipinski definition) is 2. The number of carbonyl (C=O) groups excluding carboxylic acids is 1. The number of amides is 1. The van der Waals surface area contributed by atoms with E-state index in [9.17, 15) is 4.79 Å². The number of ether oxygens (including phenoxy) is 1. The van der Waals surface area contributed by atoms with E-state index in [0.29, 0.717) is 18.6 Å². The zero-order chi connectivity index (χ0) is 17.0. The van der Waals surface area contributed by atoms with E-state index in [1.54, 1.807) is 0 Å². The molecule has 0 aromatic carbocycles. The van der Waals surface area contributed by atoms with Crippen LogP contribution in [0.2, 0.25) is 0 Å². The molecular weight excluding hydrogens is 276 g/mol. The fourth-order valence-corrected chi connectivity index (χ4v) is 2.40. The van der Waals surface area contributed by atoms with E-state index in [2.05, 4.69) is 31.4 Å². The zero-order valence-corrected chi connectivity index (χ0v) is 15.6. The van der Waals surface area contributed by atoms with Crippen molar-refractivity contribution in [2.24, 2.45) is 0 Å². The molecule has 0 aliphatic rings. The van der Waals surface area contributed by atoms with E-state index in [1.807, 2.05) is 20.8 Å². The number of carbonyl (C=O) groups is 1. The molecule has 2 unspecified atom stereocenters. The largest absolute Gasteiger partial charge is 0.444 e. The highest BCUT2D eigenvalue weighted by molar-refractivity contribution is 5.67. The predicted octanol–water partition coefficient (Wildman–Crippen LogP) is 4.63. The third kappa shape index (κ3) is 11.8. The van der Waals surface area contributed by atoms with Crippen LogP contribution < -0.4 is 10.6 Å². The summed E-state index contributed by atoms with van der Waals surface area (Å²) in [5, 5.41) is 6.63. The normalized spacial score (nSPS) is 14.5. The average molecular weight is 315 g/mol. The molecule has 2 N–H and O–H groups in total. The molecule has 0 aliphatic heterocycles. The maximum Gasteiger partial charge on any atom is 0.407 e. The van der Waals surface area contributed by atoms with Gasteiger partial charge in [0.25, 0.3) is 0 Å². The van der Waals surface area contributed by atoms with E-state index >= 15 is 0 Å². The van der Waals surface area contributed by atoms with Gasteiger partial charge in [-0.25, -0.2) is 4.79 Å². The van der Waals surface area contributed by atoms with Crippen molar-refractivity contribution in [1.29, 1.82) is 0 Å². The van der Waals surface area contributed by atoms with Gasteiger partial charge in [-0.15, -0.1) is 0 Å².